The monoisotopic (exact) mass is 274 g/mol. The van der Waals surface area contributed by atoms with Gasteiger partial charge in [-0.15, -0.1) is 0 Å². The van der Waals surface area contributed by atoms with Gasteiger partial charge in [0.15, 0.2) is 0 Å². The van der Waals surface area contributed by atoms with Crippen molar-refractivity contribution in [2.24, 2.45) is 0 Å². The maximum atomic E-state index is 11.3. The van der Waals surface area contributed by atoms with Gasteiger partial charge in [0.2, 0.25) is 0 Å². The molecular weight excluding hydrogens is 268 g/mol. The smallest absolute Gasteiger partial charge is 0.295 e. The van der Waals surface area contributed by atoms with Crippen molar-refractivity contribution in [2.45, 2.75) is 4.90 Å². The lowest BCUT2D eigenvalue weighted by Gasteiger charge is -1.99. The molecule has 2 aromatic heterocycles. The highest BCUT2D eigenvalue weighted by Gasteiger charge is 2.18. The van der Waals surface area contributed by atoms with Crippen molar-refractivity contribution in [2.75, 3.05) is 0 Å². The van der Waals surface area contributed by atoms with Crippen molar-refractivity contribution >= 4 is 27.2 Å². The van der Waals surface area contributed by atoms with E-state index >= 15 is 0 Å². The van der Waals surface area contributed by atoms with Crippen molar-refractivity contribution in [1.29, 1.82) is 10.5 Å². The molecular formula is C11H6N4O3S. The molecule has 19 heavy (non-hydrogen) atoms. The summed E-state index contributed by atoms with van der Waals surface area (Å²) in [5.74, 6) is 0. The number of fused-ring (bicyclic) bond motifs is 1. The number of allylic oxidation sites excluding steroid dienone is 1. The molecule has 0 atom stereocenters. The van der Waals surface area contributed by atoms with Gasteiger partial charge in [0, 0.05) is 23.3 Å². The summed E-state index contributed by atoms with van der Waals surface area (Å²) in [7, 11) is -4.43. The molecule has 0 aliphatic heterocycles. The molecule has 2 heterocycles. The number of nitrogens with one attached hydrogen (secondary N) is 1. The largest absolute Gasteiger partial charge is 0.345 e. The standard InChI is InChI=1S/C11H6N4O3S/c12-4-7(5-13)3-8-6-15-11-10(8)9(1-2-14-11)19(16,17)18/h1-3,6H,(H,14,15)(H,16,17,18). The number of hydrogen-bond donors (Lipinski definition) is 2. The molecule has 0 radical (unpaired) electrons. The van der Waals surface area contributed by atoms with Crippen LogP contribution in [0.3, 0.4) is 0 Å². The fraction of sp³-hybridized carbons (Fsp3) is 0. The SMILES string of the molecule is N#CC(C#N)=Cc1c[nH]c2nccc(S(=O)(=O)O)c12. The highest BCUT2D eigenvalue weighted by Crippen LogP contribution is 2.26. The molecule has 0 unspecified atom stereocenters. The average molecular weight is 274 g/mol. The predicted molar refractivity (Wildman–Crippen MR) is 65.1 cm³/mol. The van der Waals surface area contributed by atoms with Crippen LogP contribution in [0.2, 0.25) is 0 Å². The molecule has 8 heteroatoms. The summed E-state index contributed by atoms with van der Waals surface area (Å²) in [6, 6.07) is 4.47. The van der Waals surface area contributed by atoms with Crippen molar-refractivity contribution in [1.82, 2.24) is 9.97 Å². The Hall–Kier alpha value is -2.68. The summed E-state index contributed by atoms with van der Waals surface area (Å²) in [5, 5.41) is 17.5. The van der Waals surface area contributed by atoms with Gasteiger partial charge in [-0.3, -0.25) is 4.55 Å². The van der Waals surface area contributed by atoms with Gasteiger partial charge in [-0.25, -0.2) is 4.98 Å². The number of aromatic amines is 1. The van der Waals surface area contributed by atoms with Gasteiger partial charge >= 0.3 is 0 Å². The topological polar surface area (TPSA) is 131 Å². The number of pyridine rings is 1. The second-order valence-electron chi connectivity index (χ2n) is 3.53. The van der Waals surface area contributed by atoms with E-state index in [4.69, 9.17) is 15.1 Å². The van der Waals surface area contributed by atoms with E-state index in [-0.39, 0.29) is 27.1 Å². The summed E-state index contributed by atoms with van der Waals surface area (Å²) in [6.07, 6.45) is 3.85. The Kier molecular flexibility index (Phi) is 3.05. The minimum Gasteiger partial charge on any atom is -0.345 e. The van der Waals surface area contributed by atoms with Crippen LogP contribution in [0.15, 0.2) is 28.9 Å². The third-order valence-corrected chi connectivity index (χ3v) is 3.28. The number of hydrogen-bond acceptors (Lipinski definition) is 5. The number of nitrogens with zero attached hydrogens (tertiary/aromatic N) is 3. The first-order valence-electron chi connectivity index (χ1n) is 4.93. The van der Waals surface area contributed by atoms with Crippen LogP contribution in [-0.4, -0.2) is 22.9 Å². The van der Waals surface area contributed by atoms with Crippen LogP contribution < -0.4 is 0 Å². The van der Waals surface area contributed by atoms with Gasteiger partial charge < -0.3 is 4.98 Å². The molecule has 0 saturated carbocycles. The van der Waals surface area contributed by atoms with E-state index in [1.807, 2.05) is 0 Å². The minimum absolute atomic E-state index is 0.132. The van der Waals surface area contributed by atoms with Gasteiger partial charge in [-0.05, 0) is 12.1 Å². The highest BCUT2D eigenvalue weighted by atomic mass is 32.2. The van der Waals surface area contributed by atoms with Gasteiger partial charge in [0.25, 0.3) is 10.1 Å². The van der Waals surface area contributed by atoms with E-state index in [2.05, 4.69) is 9.97 Å². The van der Waals surface area contributed by atoms with Crippen LogP contribution in [0.4, 0.5) is 0 Å². The van der Waals surface area contributed by atoms with E-state index in [0.717, 1.165) is 6.07 Å². The summed E-state index contributed by atoms with van der Waals surface area (Å²) in [5.41, 5.74) is 0.330. The third-order valence-electron chi connectivity index (χ3n) is 2.38. The fourth-order valence-corrected chi connectivity index (χ4v) is 2.33. The highest BCUT2D eigenvalue weighted by molar-refractivity contribution is 7.86. The Bertz CT molecular complexity index is 849. The molecule has 0 bridgehead atoms. The number of aromatic nitrogens is 2. The average Bonchev–Trinajstić information content (AvgIpc) is 2.77. The van der Waals surface area contributed by atoms with E-state index < -0.39 is 10.1 Å². The molecule has 2 aromatic rings. The van der Waals surface area contributed by atoms with E-state index in [1.165, 1.54) is 18.5 Å². The zero-order valence-electron chi connectivity index (χ0n) is 9.32. The Labute approximate surface area is 108 Å². The normalized spacial score (nSPS) is 10.7. The zero-order valence-corrected chi connectivity index (χ0v) is 10.1. The quantitative estimate of drug-likeness (QED) is 0.625. The van der Waals surface area contributed by atoms with Crippen molar-refractivity contribution < 1.29 is 13.0 Å². The van der Waals surface area contributed by atoms with Crippen LogP contribution in [0.1, 0.15) is 5.56 Å². The van der Waals surface area contributed by atoms with Crippen LogP contribution in [0.5, 0.6) is 0 Å². The van der Waals surface area contributed by atoms with Crippen LogP contribution >= 0.6 is 0 Å². The molecule has 0 spiro atoms. The second kappa shape index (κ2) is 4.53. The number of H-pyrrole nitrogens is 1. The lowest BCUT2D eigenvalue weighted by atomic mass is 10.1. The third kappa shape index (κ3) is 2.31. The molecule has 0 amide bonds. The lowest BCUT2D eigenvalue weighted by Crippen LogP contribution is -1.99. The van der Waals surface area contributed by atoms with Crippen molar-refractivity contribution in [3.63, 3.8) is 0 Å². The molecule has 0 aliphatic carbocycles. The molecule has 7 nitrogen and oxygen atoms in total. The Morgan fingerprint density at radius 2 is 2.11 bits per heavy atom. The molecule has 2 rings (SSSR count). The van der Waals surface area contributed by atoms with Crippen LogP contribution in [-0.2, 0) is 10.1 Å². The Morgan fingerprint density at radius 1 is 1.42 bits per heavy atom. The lowest BCUT2D eigenvalue weighted by molar-refractivity contribution is 0.484. The van der Waals surface area contributed by atoms with Gasteiger partial charge in [-0.2, -0.15) is 18.9 Å². The first-order chi connectivity index (χ1) is 8.97. The fourth-order valence-electron chi connectivity index (χ4n) is 1.62. The predicted octanol–water partition coefficient (Wildman–Crippen LogP) is 1.24. The first-order valence-corrected chi connectivity index (χ1v) is 6.37. The van der Waals surface area contributed by atoms with Gasteiger partial charge in [0.05, 0.1) is 0 Å². The minimum atomic E-state index is -4.43. The maximum absolute atomic E-state index is 11.3. The number of nitriles is 2. The summed E-state index contributed by atoms with van der Waals surface area (Å²) in [6.45, 7) is 0. The van der Waals surface area contributed by atoms with Crippen molar-refractivity contribution in [3.05, 3.63) is 29.6 Å². The van der Waals surface area contributed by atoms with Crippen LogP contribution in [0, 0.1) is 22.7 Å². The van der Waals surface area contributed by atoms with Gasteiger partial charge in [-0.1, -0.05) is 0 Å². The maximum Gasteiger partial charge on any atom is 0.295 e. The van der Waals surface area contributed by atoms with E-state index in [1.54, 1.807) is 12.1 Å². The Balaban J connectivity index is 2.84. The van der Waals surface area contributed by atoms with Crippen molar-refractivity contribution in [3.8, 4) is 12.1 Å². The first kappa shape index (κ1) is 12.8. The molecule has 2 N–H and O–H groups in total. The van der Waals surface area contributed by atoms with Gasteiger partial charge in [0.1, 0.15) is 28.3 Å². The van der Waals surface area contributed by atoms with E-state index in [9.17, 15) is 8.42 Å². The molecule has 94 valence electrons. The van der Waals surface area contributed by atoms with E-state index in [0.29, 0.717) is 0 Å². The molecule has 0 aliphatic rings. The second-order valence-corrected chi connectivity index (χ2v) is 4.92. The Morgan fingerprint density at radius 3 is 2.68 bits per heavy atom. The van der Waals surface area contributed by atoms with Crippen LogP contribution in [0.25, 0.3) is 17.1 Å². The number of rotatable bonds is 2. The summed E-state index contributed by atoms with van der Waals surface area (Å²) in [4.78, 5) is 6.28. The molecule has 0 aromatic carbocycles. The summed E-state index contributed by atoms with van der Waals surface area (Å²) >= 11 is 0. The summed E-state index contributed by atoms with van der Waals surface area (Å²) < 4.78 is 31.7. The molecule has 0 fully saturated rings. The molecule has 0 saturated heterocycles. The zero-order chi connectivity index (χ0) is 14.0.